The molecule has 4 rings (SSSR count). The van der Waals surface area contributed by atoms with Crippen LogP contribution in [0.1, 0.15) is 23.2 Å². The van der Waals surface area contributed by atoms with Gasteiger partial charge in [0.05, 0.1) is 7.11 Å². The second kappa shape index (κ2) is 11.2. The number of carbonyl (C=O) groups excluding carboxylic acids is 2. The maximum atomic E-state index is 12.5. The van der Waals surface area contributed by atoms with Crippen molar-refractivity contribution in [1.29, 1.82) is 0 Å². The lowest BCUT2D eigenvalue weighted by Gasteiger charge is -2.36. The molecule has 176 valence electrons. The molecule has 0 aromatic heterocycles. The predicted octanol–water partition coefficient (Wildman–Crippen LogP) is 2.36. The summed E-state index contributed by atoms with van der Waals surface area (Å²) in [6.07, 6.45) is 1.30. The standard InChI is InChI=1S/C25H32N4O4/c1-32-22-10-8-21(9-11-22)29-16-14-28(15-17-29)13-12-26-24(30)19-4-6-20(7-5-19)27-25(31)23-3-2-18-33-23/h4-11,23H,2-3,12-18H2,1H3,(H,26,30)(H,27,31)/t23-/m1/s1. The zero-order chi connectivity index (χ0) is 23.0. The van der Waals surface area contributed by atoms with Crippen LogP contribution in [0.15, 0.2) is 48.5 Å². The molecule has 2 amide bonds. The minimum atomic E-state index is -0.369. The van der Waals surface area contributed by atoms with Crippen LogP contribution in [0.3, 0.4) is 0 Å². The van der Waals surface area contributed by atoms with Crippen LogP contribution in [-0.4, -0.2) is 75.8 Å². The van der Waals surface area contributed by atoms with E-state index in [0.717, 1.165) is 51.3 Å². The summed E-state index contributed by atoms with van der Waals surface area (Å²) >= 11 is 0. The minimum Gasteiger partial charge on any atom is -0.497 e. The molecule has 0 bridgehead atoms. The normalized spacial score (nSPS) is 18.7. The van der Waals surface area contributed by atoms with E-state index in [1.165, 1.54) is 5.69 Å². The lowest BCUT2D eigenvalue weighted by molar-refractivity contribution is -0.124. The number of rotatable bonds is 8. The summed E-state index contributed by atoms with van der Waals surface area (Å²) in [5, 5.41) is 5.84. The third-order valence-electron chi connectivity index (χ3n) is 6.16. The summed E-state index contributed by atoms with van der Waals surface area (Å²) in [6, 6.07) is 15.1. The van der Waals surface area contributed by atoms with Gasteiger partial charge in [-0.2, -0.15) is 0 Å². The number of carbonyl (C=O) groups is 2. The van der Waals surface area contributed by atoms with Crippen molar-refractivity contribution in [2.75, 3.05) is 63.2 Å². The second-order valence-corrected chi connectivity index (χ2v) is 8.35. The smallest absolute Gasteiger partial charge is 0.253 e. The van der Waals surface area contributed by atoms with Crippen LogP contribution in [0.5, 0.6) is 5.75 Å². The number of nitrogens with one attached hydrogen (secondary N) is 2. The van der Waals surface area contributed by atoms with Crippen molar-refractivity contribution in [2.45, 2.75) is 18.9 Å². The van der Waals surface area contributed by atoms with E-state index in [1.807, 2.05) is 12.1 Å². The number of ether oxygens (including phenoxy) is 2. The first-order chi connectivity index (χ1) is 16.1. The van der Waals surface area contributed by atoms with E-state index >= 15 is 0 Å². The number of anilines is 2. The molecule has 2 aliphatic heterocycles. The van der Waals surface area contributed by atoms with E-state index < -0.39 is 0 Å². The highest BCUT2D eigenvalue weighted by Crippen LogP contribution is 2.20. The third kappa shape index (κ3) is 6.24. The highest BCUT2D eigenvalue weighted by atomic mass is 16.5. The van der Waals surface area contributed by atoms with Gasteiger partial charge in [-0.3, -0.25) is 14.5 Å². The van der Waals surface area contributed by atoms with Crippen molar-refractivity contribution in [2.24, 2.45) is 0 Å². The average molecular weight is 453 g/mol. The van der Waals surface area contributed by atoms with Gasteiger partial charge < -0.3 is 25.0 Å². The Labute approximate surface area is 194 Å². The van der Waals surface area contributed by atoms with E-state index in [-0.39, 0.29) is 17.9 Å². The average Bonchev–Trinajstić information content (AvgIpc) is 3.40. The van der Waals surface area contributed by atoms with Crippen LogP contribution in [0.25, 0.3) is 0 Å². The molecule has 0 radical (unpaired) electrons. The fraction of sp³-hybridized carbons (Fsp3) is 0.440. The Hall–Kier alpha value is -3.10. The summed E-state index contributed by atoms with van der Waals surface area (Å²) in [4.78, 5) is 29.3. The Balaban J connectivity index is 1.16. The lowest BCUT2D eigenvalue weighted by atomic mass is 10.1. The van der Waals surface area contributed by atoms with E-state index in [4.69, 9.17) is 9.47 Å². The van der Waals surface area contributed by atoms with Gasteiger partial charge in [0.25, 0.3) is 11.8 Å². The molecule has 8 nitrogen and oxygen atoms in total. The fourth-order valence-electron chi connectivity index (χ4n) is 4.16. The van der Waals surface area contributed by atoms with Crippen LogP contribution < -0.4 is 20.3 Å². The highest BCUT2D eigenvalue weighted by molar-refractivity contribution is 5.96. The van der Waals surface area contributed by atoms with Crippen molar-refractivity contribution < 1.29 is 19.1 Å². The zero-order valence-corrected chi connectivity index (χ0v) is 19.1. The van der Waals surface area contributed by atoms with Crippen molar-refractivity contribution in [1.82, 2.24) is 10.2 Å². The zero-order valence-electron chi connectivity index (χ0n) is 19.1. The molecule has 0 spiro atoms. The van der Waals surface area contributed by atoms with Gasteiger partial charge in [-0.1, -0.05) is 0 Å². The quantitative estimate of drug-likeness (QED) is 0.640. The number of hydrogen-bond donors (Lipinski definition) is 2. The lowest BCUT2D eigenvalue weighted by Crippen LogP contribution is -2.48. The van der Waals surface area contributed by atoms with Gasteiger partial charge in [-0.25, -0.2) is 0 Å². The Morgan fingerprint density at radius 2 is 1.76 bits per heavy atom. The van der Waals surface area contributed by atoms with Crippen LogP contribution in [0.4, 0.5) is 11.4 Å². The number of amides is 2. The maximum Gasteiger partial charge on any atom is 0.253 e. The number of piperazine rings is 1. The molecule has 2 fully saturated rings. The summed E-state index contributed by atoms with van der Waals surface area (Å²) in [7, 11) is 1.68. The molecule has 33 heavy (non-hydrogen) atoms. The molecule has 2 heterocycles. The van der Waals surface area contributed by atoms with Gasteiger partial charge in [0, 0.05) is 62.8 Å². The predicted molar refractivity (Wildman–Crippen MR) is 128 cm³/mol. The molecule has 1 atom stereocenters. The maximum absolute atomic E-state index is 12.5. The first kappa shape index (κ1) is 23.1. The molecule has 0 unspecified atom stereocenters. The number of hydrogen-bond acceptors (Lipinski definition) is 6. The molecule has 2 saturated heterocycles. The van der Waals surface area contributed by atoms with Crippen LogP contribution >= 0.6 is 0 Å². The Bertz CT molecular complexity index is 918. The Morgan fingerprint density at radius 1 is 1.03 bits per heavy atom. The fourth-order valence-corrected chi connectivity index (χ4v) is 4.16. The van der Waals surface area contributed by atoms with Gasteiger partial charge in [0.15, 0.2) is 0 Å². The van der Waals surface area contributed by atoms with Crippen molar-refractivity contribution in [3.63, 3.8) is 0 Å². The molecular formula is C25H32N4O4. The monoisotopic (exact) mass is 452 g/mol. The van der Waals surface area contributed by atoms with Gasteiger partial charge in [-0.05, 0) is 61.4 Å². The number of methoxy groups -OCH3 is 1. The molecule has 2 N–H and O–H groups in total. The third-order valence-corrected chi connectivity index (χ3v) is 6.16. The molecule has 0 saturated carbocycles. The van der Waals surface area contributed by atoms with Crippen LogP contribution in [0.2, 0.25) is 0 Å². The van der Waals surface area contributed by atoms with Gasteiger partial charge >= 0.3 is 0 Å². The summed E-state index contributed by atoms with van der Waals surface area (Å²) in [5.74, 6) is 0.631. The molecule has 2 aliphatic rings. The van der Waals surface area contributed by atoms with Crippen LogP contribution in [0, 0.1) is 0 Å². The summed E-state index contributed by atoms with van der Waals surface area (Å²) in [6.45, 7) is 5.88. The first-order valence-electron chi connectivity index (χ1n) is 11.5. The van der Waals surface area contributed by atoms with E-state index in [9.17, 15) is 9.59 Å². The molecule has 0 aliphatic carbocycles. The first-order valence-corrected chi connectivity index (χ1v) is 11.5. The van der Waals surface area contributed by atoms with Crippen LogP contribution in [-0.2, 0) is 9.53 Å². The molecule has 2 aromatic rings. The Morgan fingerprint density at radius 3 is 2.39 bits per heavy atom. The topological polar surface area (TPSA) is 83.1 Å². The van der Waals surface area contributed by atoms with E-state index in [0.29, 0.717) is 24.4 Å². The molecular weight excluding hydrogens is 420 g/mol. The van der Waals surface area contributed by atoms with Gasteiger partial charge in [0.2, 0.25) is 0 Å². The largest absolute Gasteiger partial charge is 0.497 e. The van der Waals surface area contributed by atoms with Crippen molar-refractivity contribution in [3.05, 3.63) is 54.1 Å². The number of benzene rings is 2. The number of nitrogens with zero attached hydrogens (tertiary/aromatic N) is 2. The molecule has 8 heteroatoms. The SMILES string of the molecule is COc1ccc(N2CCN(CCNC(=O)c3ccc(NC(=O)[C@H]4CCCO4)cc3)CC2)cc1. The van der Waals surface area contributed by atoms with E-state index in [2.05, 4.69) is 32.6 Å². The van der Waals surface area contributed by atoms with E-state index in [1.54, 1.807) is 31.4 Å². The van der Waals surface area contributed by atoms with Crippen molar-refractivity contribution in [3.8, 4) is 5.75 Å². The van der Waals surface area contributed by atoms with Gasteiger partial charge in [0.1, 0.15) is 11.9 Å². The minimum absolute atomic E-state index is 0.108. The summed E-state index contributed by atoms with van der Waals surface area (Å²) in [5.41, 5.74) is 2.45. The molecule has 2 aromatic carbocycles. The highest BCUT2D eigenvalue weighted by Gasteiger charge is 2.23. The Kier molecular flexibility index (Phi) is 7.80. The second-order valence-electron chi connectivity index (χ2n) is 8.35. The van der Waals surface area contributed by atoms with Gasteiger partial charge in [-0.15, -0.1) is 0 Å². The summed E-state index contributed by atoms with van der Waals surface area (Å²) < 4.78 is 10.6. The van der Waals surface area contributed by atoms with Crippen molar-refractivity contribution >= 4 is 23.2 Å².